The van der Waals surface area contributed by atoms with Gasteiger partial charge in [0.1, 0.15) is 28.8 Å². The van der Waals surface area contributed by atoms with Crippen molar-refractivity contribution in [2.24, 2.45) is 22.7 Å². The lowest BCUT2D eigenvalue weighted by molar-refractivity contribution is -0.268. The second-order valence-electron chi connectivity index (χ2n) is 12.2. The first-order valence-electron chi connectivity index (χ1n) is 13.9. The molecule has 3 aliphatic rings. The van der Waals surface area contributed by atoms with E-state index in [-0.39, 0.29) is 42.0 Å². The highest BCUT2D eigenvalue weighted by Crippen LogP contribution is 2.67. The van der Waals surface area contributed by atoms with Crippen molar-refractivity contribution in [3.05, 3.63) is 46.6 Å². The average Bonchev–Trinajstić information content (AvgIpc) is 2.91. The monoisotopic (exact) mass is 541 g/mol. The number of unbranched alkanes of at least 4 members (excludes halogenated alkanes) is 1. The van der Waals surface area contributed by atoms with Gasteiger partial charge in [-0.2, -0.15) is 0 Å². The van der Waals surface area contributed by atoms with Gasteiger partial charge in [0, 0.05) is 41.8 Å². The summed E-state index contributed by atoms with van der Waals surface area (Å²) in [6.07, 6.45) is 3.45. The number of esters is 1. The molecule has 8 atom stereocenters. The van der Waals surface area contributed by atoms with Crippen LogP contribution in [-0.2, 0) is 9.53 Å². The largest absolute Gasteiger partial charge is 0.482 e. The molecule has 9 nitrogen and oxygen atoms in total. The SMILES string of the molecule is CCCCC(=O)O[C@H]1CC2C(C)(CO)[C@@H](O)CC[C@]2(C)C2[C@@H](O)c3c(cc(-c4cccnc4)oc3=O)O[C@@]21C. The first-order chi connectivity index (χ1) is 18.5. The molecule has 3 unspecified atom stereocenters. The Kier molecular flexibility index (Phi) is 7.14. The Balaban J connectivity index is 1.65. The highest BCUT2D eigenvalue weighted by molar-refractivity contribution is 5.69. The highest BCUT2D eigenvalue weighted by Gasteiger charge is 2.70. The number of carbonyl (C=O) groups excluding carboxylic acids is 1. The Morgan fingerprint density at radius 3 is 2.69 bits per heavy atom. The number of aliphatic hydroxyl groups is 3. The van der Waals surface area contributed by atoms with Crippen molar-refractivity contribution < 1.29 is 34.0 Å². The number of nitrogens with zero attached hydrogens (tertiary/aromatic N) is 1. The van der Waals surface area contributed by atoms with E-state index in [1.165, 1.54) is 0 Å². The standard InChI is InChI=1S/C30H39NO8/c1-5-6-9-23(34)38-22-14-20-28(2,11-10-21(33)29(20,3)16-32)26-25(35)24-19(39-30(22,26)4)13-18(37-27(24)36)17-8-7-12-31-15-17/h7-8,12-13,15,20-22,25-26,32-33,35H,5-6,9-11,14,16H2,1-4H3/t20?,21-,22-,25-,26?,28-,29?,30+/m0/s1. The molecule has 39 heavy (non-hydrogen) atoms. The molecule has 212 valence electrons. The van der Waals surface area contributed by atoms with Crippen LogP contribution in [0.15, 0.2) is 39.8 Å². The van der Waals surface area contributed by atoms with Gasteiger partial charge in [0.15, 0.2) is 0 Å². The first-order valence-corrected chi connectivity index (χ1v) is 13.9. The van der Waals surface area contributed by atoms with E-state index in [2.05, 4.69) is 4.98 Å². The summed E-state index contributed by atoms with van der Waals surface area (Å²) in [6.45, 7) is 7.44. The number of rotatable bonds is 6. The molecular formula is C30H39NO8. The van der Waals surface area contributed by atoms with E-state index in [0.717, 1.165) is 6.42 Å². The van der Waals surface area contributed by atoms with Gasteiger partial charge in [0.2, 0.25) is 0 Å². The molecule has 0 spiro atoms. The van der Waals surface area contributed by atoms with Crippen LogP contribution in [0.5, 0.6) is 5.75 Å². The van der Waals surface area contributed by atoms with E-state index in [9.17, 15) is 24.9 Å². The van der Waals surface area contributed by atoms with Crippen molar-refractivity contribution >= 4 is 5.97 Å². The van der Waals surface area contributed by atoms with Gasteiger partial charge in [0.25, 0.3) is 0 Å². The molecule has 0 radical (unpaired) electrons. The van der Waals surface area contributed by atoms with Crippen LogP contribution < -0.4 is 10.4 Å². The number of aromatic nitrogens is 1. The van der Waals surface area contributed by atoms with Gasteiger partial charge in [-0.15, -0.1) is 0 Å². The number of pyridine rings is 1. The fourth-order valence-corrected chi connectivity index (χ4v) is 7.76. The second kappa shape index (κ2) is 10.0. The maximum absolute atomic E-state index is 13.3. The summed E-state index contributed by atoms with van der Waals surface area (Å²) in [5.74, 6) is -0.909. The number of hydrogen-bond donors (Lipinski definition) is 3. The van der Waals surface area contributed by atoms with E-state index in [0.29, 0.717) is 31.2 Å². The van der Waals surface area contributed by atoms with Crippen molar-refractivity contribution in [1.82, 2.24) is 4.98 Å². The van der Waals surface area contributed by atoms with Crippen LogP contribution >= 0.6 is 0 Å². The summed E-state index contributed by atoms with van der Waals surface area (Å²) in [4.78, 5) is 30.4. The van der Waals surface area contributed by atoms with Crippen molar-refractivity contribution in [3.8, 4) is 17.1 Å². The summed E-state index contributed by atoms with van der Waals surface area (Å²) in [6, 6.07) is 5.08. The van der Waals surface area contributed by atoms with Crippen molar-refractivity contribution in [2.45, 2.75) is 90.1 Å². The van der Waals surface area contributed by atoms with E-state index in [4.69, 9.17) is 13.9 Å². The third-order valence-corrected chi connectivity index (χ3v) is 9.91. The van der Waals surface area contributed by atoms with Crippen molar-refractivity contribution in [3.63, 3.8) is 0 Å². The summed E-state index contributed by atoms with van der Waals surface area (Å²) >= 11 is 0. The van der Waals surface area contributed by atoms with Crippen LogP contribution in [0, 0.1) is 22.7 Å². The van der Waals surface area contributed by atoms with Crippen LogP contribution in [-0.4, -0.2) is 50.7 Å². The molecule has 1 aliphatic heterocycles. The molecule has 0 amide bonds. The van der Waals surface area contributed by atoms with Crippen molar-refractivity contribution in [2.75, 3.05) is 6.61 Å². The number of fused-ring (bicyclic) bond motifs is 4. The first kappa shape index (κ1) is 27.8. The van der Waals surface area contributed by atoms with Gasteiger partial charge in [0.05, 0.1) is 18.8 Å². The molecule has 2 saturated carbocycles. The average molecular weight is 542 g/mol. The Morgan fingerprint density at radius 2 is 2.03 bits per heavy atom. The quantitative estimate of drug-likeness (QED) is 0.466. The maximum Gasteiger partial charge on any atom is 0.345 e. The summed E-state index contributed by atoms with van der Waals surface area (Å²) in [7, 11) is 0. The molecular weight excluding hydrogens is 502 g/mol. The van der Waals surface area contributed by atoms with Crippen LogP contribution in [0.3, 0.4) is 0 Å². The fourth-order valence-electron chi connectivity index (χ4n) is 7.76. The number of ether oxygens (including phenoxy) is 2. The lowest BCUT2D eigenvalue weighted by Crippen LogP contribution is -2.71. The van der Waals surface area contributed by atoms with E-state index < -0.39 is 46.3 Å². The predicted octanol–water partition coefficient (Wildman–Crippen LogP) is 3.78. The fraction of sp³-hybridized carbons (Fsp3) is 0.633. The van der Waals surface area contributed by atoms with Crippen LogP contribution in [0.1, 0.15) is 77.9 Å². The lowest BCUT2D eigenvalue weighted by atomic mass is 9.42. The minimum Gasteiger partial charge on any atom is -0.482 e. The van der Waals surface area contributed by atoms with Gasteiger partial charge < -0.3 is 29.2 Å². The molecule has 9 heteroatoms. The Bertz CT molecular complexity index is 1280. The van der Waals surface area contributed by atoms with Gasteiger partial charge in [-0.1, -0.05) is 27.2 Å². The molecule has 0 aromatic carbocycles. The number of carbonyl (C=O) groups is 1. The minimum atomic E-state index is -1.28. The summed E-state index contributed by atoms with van der Waals surface area (Å²) in [5.41, 5.74) is -2.82. The van der Waals surface area contributed by atoms with E-state index >= 15 is 0 Å². The van der Waals surface area contributed by atoms with Crippen LogP contribution in [0.2, 0.25) is 0 Å². The van der Waals surface area contributed by atoms with Gasteiger partial charge in [-0.3, -0.25) is 9.78 Å². The molecule has 5 rings (SSSR count). The maximum atomic E-state index is 13.3. The van der Waals surface area contributed by atoms with Crippen molar-refractivity contribution in [1.29, 1.82) is 0 Å². The molecule has 2 aromatic rings. The van der Waals surface area contributed by atoms with E-state index in [1.807, 2.05) is 27.7 Å². The van der Waals surface area contributed by atoms with Crippen LogP contribution in [0.25, 0.3) is 11.3 Å². The van der Waals surface area contributed by atoms with E-state index in [1.54, 1.807) is 30.6 Å². The zero-order valence-electron chi connectivity index (χ0n) is 23.1. The highest BCUT2D eigenvalue weighted by atomic mass is 16.6. The van der Waals surface area contributed by atoms with Crippen LogP contribution in [0.4, 0.5) is 0 Å². The zero-order chi connectivity index (χ0) is 28.2. The zero-order valence-corrected chi connectivity index (χ0v) is 23.1. The molecule has 2 fully saturated rings. The Morgan fingerprint density at radius 1 is 1.26 bits per heavy atom. The second-order valence-corrected chi connectivity index (χ2v) is 12.2. The molecule has 3 heterocycles. The molecule has 2 aromatic heterocycles. The molecule has 2 aliphatic carbocycles. The lowest BCUT2D eigenvalue weighted by Gasteiger charge is -2.66. The number of aliphatic hydroxyl groups excluding tert-OH is 3. The Labute approximate surface area is 228 Å². The Hall–Kier alpha value is -2.75. The third-order valence-electron chi connectivity index (χ3n) is 9.91. The predicted molar refractivity (Wildman–Crippen MR) is 142 cm³/mol. The normalized spacial score (nSPS) is 37.2. The topological polar surface area (TPSA) is 139 Å². The molecule has 0 saturated heterocycles. The molecule has 0 bridgehead atoms. The smallest absolute Gasteiger partial charge is 0.345 e. The summed E-state index contributed by atoms with van der Waals surface area (Å²) < 4.78 is 18.4. The number of hydrogen-bond acceptors (Lipinski definition) is 9. The van der Waals surface area contributed by atoms with Gasteiger partial charge in [-0.05, 0) is 56.1 Å². The minimum absolute atomic E-state index is 0.0277. The molecule has 3 N–H and O–H groups in total. The van der Waals surface area contributed by atoms with Gasteiger partial charge >= 0.3 is 11.6 Å². The summed E-state index contributed by atoms with van der Waals surface area (Å²) in [5, 5.41) is 33.4. The third kappa shape index (κ3) is 4.30. The van der Waals surface area contributed by atoms with Gasteiger partial charge in [-0.25, -0.2) is 4.79 Å².